The van der Waals surface area contributed by atoms with Crippen LogP contribution in [0.1, 0.15) is 19.5 Å². The minimum Gasteiger partial charge on any atom is -0.364 e. The lowest BCUT2D eigenvalue weighted by atomic mass is 10.3. The van der Waals surface area contributed by atoms with Crippen LogP contribution in [0.25, 0.3) is 0 Å². The molecular formula is C15H28IN5OS. The third-order valence-corrected chi connectivity index (χ3v) is 4.74. The van der Waals surface area contributed by atoms with Crippen molar-refractivity contribution in [2.24, 2.45) is 4.99 Å². The van der Waals surface area contributed by atoms with Crippen LogP contribution in [0.3, 0.4) is 0 Å². The zero-order valence-electron chi connectivity index (χ0n) is 14.2. The van der Waals surface area contributed by atoms with Crippen molar-refractivity contribution in [1.82, 2.24) is 20.3 Å². The molecule has 0 amide bonds. The van der Waals surface area contributed by atoms with Crippen molar-refractivity contribution in [2.75, 3.05) is 45.5 Å². The zero-order chi connectivity index (χ0) is 15.8. The van der Waals surface area contributed by atoms with Crippen LogP contribution in [-0.4, -0.2) is 71.7 Å². The van der Waals surface area contributed by atoms with Crippen molar-refractivity contribution < 1.29 is 4.52 Å². The van der Waals surface area contributed by atoms with E-state index in [2.05, 4.69) is 40.4 Å². The second kappa shape index (κ2) is 11.1. The van der Waals surface area contributed by atoms with Gasteiger partial charge in [-0.2, -0.15) is 11.8 Å². The molecule has 1 fully saturated rings. The lowest BCUT2D eigenvalue weighted by Crippen LogP contribution is -2.52. The Balaban J connectivity index is 0.00000264. The van der Waals surface area contributed by atoms with Crippen LogP contribution < -0.4 is 5.32 Å². The van der Waals surface area contributed by atoms with Gasteiger partial charge in [-0.1, -0.05) is 12.1 Å². The fourth-order valence-electron chi connectivity index (χ4n) is 2.38. The van der Waals surface area contributed by atoms with Crippen LogP contribution in [-0.2, 0) is 6.54 Å². The zero-order valence-corrected chi connectivity index (χ0v) is 17.3. The number of rotatable bonds is 6. The molecule has 1 aliphatic rings. The van der Waals surface area contributed by atoms with Gasteiger partial charge in [-0.05, 0) is 13.2 Å². The lowest BCUT2D eigenvalue weighted by molar-refractivity contribution is 0.169. The lowest BCUT2D eigenvalue weighted by Gasteiger charge is -2.36. The Labute approximate surface area is 160 Å². The molecule has 0 radical (unpaired) electrons. The van der Waals surface area contributed by atoms with Gasteiger partial charge in [0.1, 0.15) is 6.26 Å². The summed E-state index contributed by atoms with van der Waals surface area (Å²) in [5, 5.41) is 7.95. The monoisotopic (exact) mass is 453 g/mol. The van der Waals surface area contributed by atoms with E-state index in [1.807, 2.05) is 17.8 Å². The molecule has 0 bridgehead atoms. The van der Waals surface area contributed by atoms with E-state index < -0.39 is 0 Å². The molecule has 2 heterocycles. The third-order valence-electron chi connectivity index (χ3n) is 3.78. The SMILES string of the molecule is CCNC(=NCC(C)SC)N1CCN(Cc2ccon2)CC1.I. The first-order valence-corrected chi connectivity index (χ1v) is 9.19. The Morgan fingerprint density at radius 2 is 2.17 bits per heavy atom. The number of aliphatic imine (C=N–C) groups is 1. The molecule has 0 saturated carbocycles. The molecule has 0 aromatic carbocycles. The topological polar surface area (TPSA) is 56.9 Å². The van der Waals surface area contributed by atoms with Crippen molar-refractivity contribution in [1.29, 1.82) is 0 Å². The highest BCUT2D eigenvalue weighted by Gasteiger charge is 2.20. The molecule has 23 heavy (non-hydrogen) atoms. The molecule has 132 valence electrons. The number of aromatic nitrogens is 1. The van der Waals surface area contributed by atoms with E-state index in [4.69, 9.17) is 9.52 Å². The third kappa shape index (κ3) is 6.88. The average Bonchev–Trinajstić information content (AvgIpc) is 3.05. The predicted octanol–water partition coefficient (Wildman–Crippen LogP) is 2.13. The number of nitrogens with zero attached hydrogens (tertiary/aromatic N) is 4. The van der Waals surface area contributed by atoms with Gasteiger partial charge in [-0.3, -0.25) is 9.89 Å². The summed E-state index contributed by atoms with van der Waals surface area (Å²) in [4.78, 5) is 9.54. The van der Waals surface area contributed by atoms with Crippen molar-refractivity contribution in [3.63, 3.8) is 0 Å². The molecule has 0 spiro atoms. The molecule has 2 rings (SSSR count). The fourth-order valence-corrected chi connectivity index (χ4v) is 2.60. The number of halogens is 1. The van der Waals surface area contributed by atoms with Gasteiger partial charge >= 0.3 is 0 Å². The van der Waals surface area contributed by atoms with Gasteiger partial charge in [-0.25, -0.2) is 0 Å². The van der Waals surface area contributed by atoms with E-state index in [9.17, 15) is 0 Å². The second-order valence-corrected chi connectivity index (χ2v) is 6.77. The molecule has 1 saturated heterocycles. The van der Waals surface area contributed by atoms with Crippen LogP contribution in [0.4, 0.5) is 0 Å². The number of hydrogen-bond acceptors (Lipinski definition) is 5. The summed E-state index contributed by atoms with van der Waals surface area (Å²) in [6, 6.07) is 1.93. The van der Waals surface area contributed by atoms with Crippen LogP contribution in [0.5, 0.6) is 0 Å². The largest absolute Gasteiger partial charge is 0.364 e. The summed E-state index contributed by atoms with van der Waals surface area (Å²) in [5.41, 5.74) is 1.00. The van der Waals surface area contributed by atoms with Crippen LogP contribution in [0.2, 0.25) is 0 Å². The van der Waals surface area contributed by atoms with E-state index in [0.29, 0.717) is 5.25 Å². The van der Waals surface area contributed by atoms with Crippen LogP contribution in [0.15, 0.2) is 21.8 Å². The molecular weight excluding hydrogens is 425 g/mol. The first kappa shape index (κ1) is 20.6. The summed E-state index contributed by atoms with van der Waals surface area (Å²) in [6.07, 6.45) is 3.77. The van der Waals surface area contributed by atoms with Gasteiger partial charge in [0.05, 0.1) is 12.2 Å². The minimum absolute atomic E-state index is 0. The Bertz CT molecular complexity index is 449. The highest BCUT2D eigenvalue weighted by Crippen LogP contribution is 2.09. The molecule has 1 aromatic heterocycles. The van der Waals surface area contributed by atoms with Gasteiger partial charge in [0, 0.05) is 50.6 Å². The van der Waals surface area contributed by atoms with Crippen LogP contribution in [0, 0.1) is 0 Å². The van der Waals surface area contributed by atoms with Crippen molar-refractivity contribution in [3.05, 3.63) is 18.0 Å². The molecule has 0 aliphatic carbocycles. The van der Waals surface area contributed by atoms with Gasteiger partial charge in [0.15, 0.2) is 5.96 Å². The van der Waals surface area contributed by atoms with Crippen molar-refractivity contribution >= 4 is 41.7 Å². The molecule has 1 aromatic rings. The smallest absolute Gasteiger partial charge is 0.194 e. The highest BCUT2D eigenvalue weighted by atomic mass is 127. The maximum atomic E-state index is 4.89. The van der Waals surface area contributed by atoms with E-state index in [1.54, 1.807) is 6.26 Å². The summed E-state index contributed by atoms with van der Waals surface area (Å²) in [7, 11) is 0. The normalized spacial score (nSPS) is 17.7. The first-order valence-electron chi connectivity index (χ1n) is 7.90. The quantitative estimate of drug-likeness (QED) is 0.405. The maximum absolute atomic E-state index is 4.89. The van der Waals surface area contributed by atoms with Crippen molar-refractivity contribution in [2.45, 2.75) is 25.6 Å². The Kier molecular flexibility index (Phi) is 9.96. The van der Waals surface area contributed by atoms with Crippen molar-refractivity contribution in [3.8, 4) is 0 Å². The van der Waals surface area contributed by atoms with Gasteiger partial charge in [0.2, 0.25) is 0 Å². The Morgan fingerprint density at radius 1 is 1.43 bits per heavy atom. The summed E-state index contributed by atoms with van der Waals surface area (Å²) in [6.45, 7) is 11.0. The van der Waals surface area contributed by atoms with E-state index >= 15 is 0 Å². The Morgan fingerprint density at radius 3 is 2.74 bits per heavy atom. The van der Waals surface area contributed by atoms with Gasteiger partial charge in [-0.15, -0.1) is 24.0 Å². The first-order chi connectivity index (χ1) is 10.7. The number of nitrogens with one attached hydrogen (secondary N) is 1. The fraction of sp³-hybridized carbons (Fsp3) is 0.733. The standard InChI is InChI=1S/C15H27N5OS.HI/c1-4-16-15(17-11-13(2)22-3)20-8-6-19(7-9-20)12-14-5-10-21-18-14;/h5,10,13H,4,6-9,11-12H2,1-3H3,(H,16,17);1H. The van der Waals surface area contributed by atoms with E-state index in [-0.39, 0.29) is 24.0 Å². The molecule has 1 atom stereocenters. The minimum atomic E-state index is 0. The Hall–Kier alpha value is -0.480. The molecule has 1 aliphatic heterocycles. The summed E-state index contributed by atoms with van der Waals surface area (Å²) in [5.74, 6) is 1.05. The van der Waals surface area contributed by atoms with E-state index in [1.165, 1.54) is 0 Å². The highest BCUT2D eigenvalue weighted by molar-refractivity contribution is 14.0. The van der Waals surface area contributed by atoms with E-state index in [0.717, 1.165) is 57.5 Å². The molecule has 1 unspecified atom stereocenters. The second-order valence-electron chi connectivity index (χ2n) is 5.49. The van der Waals surface area contributed by atoms with Gasteiger partial charge in [0.25, 0.3) is 0 Å². The number of thioether (sulfide) groups is 1. The predicted molar refractivity (Wildman–Crippen MR) is 108 cm³/mol. The summed E-state index contributed by atoms with van der Waals surface area (Å²) >= 11 is 1.86. The molecule has 1 N–H and O–H groups in total. The molecule has 8 heteroatoms. The van der Waals surface area contributed by atoms with Gasteiger partial charge < -0.3 is 14.7 Å². The number of piperazine rings is 1. The number of guanidine groups is 1. The summed E-state index contributed by atoms with van der Waals surface area (Å²) < 4.78 is 4.89. The maximum Gasteiger partial charge on any atom is 0.194 e. The average molecular weight is 453 g/mol. The van der Waals surface area contributed by atoms with Crippen LogP contribution >= 0.6 is 35.7 Å². The molecule has 6 nitrogen and oxygen atoms in total. The number of hydrogen-bond donors (Lipinski definition) is 1.